The van der Waals surface area contributed by atoms with Crippen LogP contribution in [0.25, 0.3) is 6.08 Å². The number of rotatable bonds is 8. The molecule has 1 N–H and O–H groups in total. The number of nitrogens with zero attached hydrogens (tertiary/aromatic N) is 1. The van der Waals surface area contributed by atoms with E-state index in [0.29, 0.717) is 6.54 Å². The summed E-state index contributed by atoms with van der Waals surface area (Å²) >= 11 is 1.62. The molecule has 23 heavy (non-hydrogen) atoms. The van der Waals surface area contributed by atoms with Gasteiger partial charge in [-0.2, -0.15) is 0 Å². The van der Waals surface area contributed by atoms with E-state index in [4.69, 9.17) is 0 Å². The molecule has 0 saturated carbocycles. The molecule has 2 rings (SSSR count). The molecule has 2 aromatic rings. The van der Waals surface area contributed by atoms with Crippen LogP contribution in [0, 0.1) is 0 Å². The summed E-state index contributed by atoms with van der Waals surface area (Å²) in [7, 11) is 0. The molecule has 1 amide bonds. The first kappa shape index (κ1) is 17.4. The molecule has 0 radical (unpaired) electrons. The van der Waals surface area contributed by atoms with Gasteiger partial charge in [0, 0.05) is 17.5 Å². The standard InChI is InChI=1S/C19H24N2OS/c1-3-21(4-2)18(16-9-6-5-7-10-16)15-20-19(22)13-12-17-11-8-14-23-17/h5-14,18H,3-4,15H2,1-2H3,(H,20,22). The van der Waals surface area contributed by atoms with Gasteiger partial charge in [-0.3, -0.25) is 9.69 Å². The van der Waals surface area contributed by atoms with Crippen molar-refractivity contribution in [3.8, 4) is 0 Å². The maximum Gasteiger partial charge on any atom is 0.244 e. The Morgan fingerprint density at radius 3 is 2.52 bits per heavy atom. The molecule has 1 aromatic heterocycles. The van der Waals surface area contributed by atoms with Crippen molar-refractivity contribution in [2.24, 2.45) is 0 Å². The van der Waals surface area contributed by atoms with Crippen LogP contribution in [0.2, 0.25) is 0 Å². The third-order valence-corrected chi connectivity index (χ3v) is 4.69. The van der Waals surface area contributed by atoms with Crippen molar-refractivity contribution in [1.82, 2.24) is 10.2 Å². The van der Waals surface area contributed by atoms with E-state index >= 15 is 0 Å². The average Bonchev–Trinajstić information content (AvgIpc) is 3.11. The van der Waals surface area contributed by atoms with Gasteiger partial charge in [0.1, 0.15) is 0 Å². The van der Waals surface area contributed by atoms with Crippen LogP contribution in [0.1, 0.15) is 30.3 Å². The smallest absolute Gasteiger partial charge is 0.244 e. The molecule has 0 bridgehead atoms. The van der Waals surface area contributed by atoms with Crippen LogP contribution >= 0.6 is 11.3 Å². The highest BCUT2D eigenvalue weighted by Gasteiger charge is 2.17. The zero-order chi connectivity index (χ0) is 16.5. The van der Waals surface area contributed by atoms with E-state index in [2.05, 4.69) is 36.2 Å². The molecule has 3 nitrogen and oxygen atoms in total. The molecule has 4 heteroatoms. The summed E-state index contributed by atoms with van der Waals surface area (Å²) in [5.74, 6) is -0.0495. The van der Waals surface area contributed by atoms with Gasteiger partial charge in [-0.1, -0.05) is 50.2 Å². The zero-order valence-electron chi connectivity index (χ0n) is 13.7. The number of carbonyl (C=O) groups excluding carboxylic acids is 1. The lowest BCUT2D eigenvalue weighted by molar-refractivity contribution is -0.116. The third kappa shape index (κ3) is 5.34. The fraction of sp³-hybridized carbons (Fsp3) is 0.316. The van der Waals surface area contributed by atoms with Crippen LogP contribution in [0.3, 0.4) is 0 Å². The summed E-state index contributed by atoms with van der Waals surface area (Å²) < 4.78 is 0. The maximum absolute atomic E-state index is 12.1. The Morgan fingerprint density at radius 1 is 1.17 bits per heavy atom. The van der Waals surface area contributed by atoms with Crippen molar-refractivity contribution >= 4 is 23.3 Å². The van der Waals surface area contributed by atoms with E-state index in [0.717, 1.165) is 18.0 Å². The molecular weight excluding hydrogens is 304 g/mol. The Bertz CT molecular complexity index is 604. The average molecular weight is 328 g/mol. The van der Waals surface area contributed by atoms with Crippen molar-refractivity contribution in [2.45, 2.75) is 19.9 Å². The van der Waals surface area contributed by atoms with Crippen LogP contribution in [0.15, 0.2) is 53.9 Å². The Kier molecular flexibility index (Phi) is 7.04. The summed E-state index contributed by atoms with van der Waals surface area (Å²) in [6.45, 7) is 6.82. The fourth-order valence-electron chi connectivity index (χ4n) is 2.60. The van der Waals surface area contributed by atoms with Crippen molar-refractivity contribution < 1.29 is 4.79 Å². The number of benzene rings is 1. The topological polar surface area (TPSA) is 32.3 Å². The molecule has 0 spiro atoms. The van der Waals surface area contributed by atoms with Crippen molar-refractivity contribution in [2.75, 3.05) is 19.6 Å². The SMILES string of the molecule is CCN(CC)C(CNC(=O)C=Cc1cccs1)c1ccccc1. The second-order valence-electron chi connectivity index (χ2n) is 5.24. The first-order chi connectivity index (χ1) is 11.2. The van der Waals surface area contributed by atoms with Gasteiger partial charge >= 0.3 is 0 Å². The molecule has 1 unspecified atom stereocenters. The van der Waals surface area contributed by atoms with Gasteiger partial charge in [0.05, 0.1) is 6.04 Å². The second kappa shape index (κ2) is 9.28. The molecule has 1 aromatic carbocycles. The summed E-state index contributed by atoms with van der Waals surface area (Å²) in [4.78, 5) is 15.5. The largest absolute Gasteiger partial charge is 0.351 e. The quantitative estimate of drug-likeness (QED) is 0.744. The highest BCUT2D eigenvalue weighted by molar-refractivity contribution is 7.10. The number of thiophene rings is 1. The lowest BCUT2D eigenvalue weighted by Crippen LogP contribution is -2.37. The summed E-state index contributed by atoms with van der Waals surface area (Å²) in [6.07, 6.45) is 3.46. The fourth-order valence-corrected chi connectivity index (χ4v) is 3.22. The zero-order valence-corrected chi connectivity index (χ0v) is 14.6. The molecule has 1 atom stereocenters. The Balaban J connectivity index is 1.99. The number of hydrogen-bond donors (Lipinski definition) is 1. The summed E-state index contributed by atoms with van der Waals surface area (Å²) in [5, 5.41) is 5.03. The molecule has 0 aliphatic rings. The van der Waals surface area contributed by atoms with Crippen LogP contribution in [0.5, 0.6) is 0 Å². The Morgan fingerprint density at radius 2 is 1.91 bits per heavy atom. The van der Waals surface area contributed by atoms with E-state index in [1.54, 1.807) is 17.4 Å². The maximum atomic E-state index is 12.1. The van der Waals surface area contributed by atoms with Gasteiger partial charge in [0.2, 0.25) is 5.91 Å². The molecule has 0 saturated heterocycles. The van der Waals surface area contributed by atoms with Gasteiger partial charge in [-0.25, -0.2) is 0 Å². The molecule has 1 heterocycles. The lowest BCUT2D eigenvalue weighted by Gasteiger charge is -2.30. The van der Waals surface area contributed by atoms with Crippen molar-refractivity contribution in [3.63, 3.8) is 0 Å². The minimum Gasteiger partial charge on any atom is -0.351 e. The second-order valence-corrected chi connectivity index (χ2v) is 6.22. The predicted molar refractivity (Wildman–Crippen MR) is 98.5 cm³/mol. The van der Waals surface area contributed by atoms with Gasteiger partial charge in [-0.15, -0.1) is 11.3 Å². The third-order valence-electron chi connectivity index (χ3n) is 3.85. The van der Waals surface area contributed by atoms with E-state index < -0.39 is 0 Å². The minimum atomic E-state index is -0.0495. The number of carbonyl (C=O) groups is 1. The Labute approximate surface area is 142 Å². The predicted octanol–water partition coefficient (Wildman–Crippen LogP) is 3.96. The van der Waals surface area contributed by atoms with Gasteiger partial charge in [0.15, 0.2) is 0 Å². The monoisotopic (exact) mass is 328 g/mol. The van der Waals surface area contributed by atoms with Crippen molar-refractivity contribution in [1.29, 1.82) is 0 Å². The van der Waals surface area contributed by atoms with E-state index in [9.17, 15) is 4.79 Å². The number of nitrogens with one attached hydrogen (secondary N) is 1. The highest BCUT2D eigenvalue weighted by Crippen LogP contribution is 2.19. The lowest BCUT2D eigenvalue weighted by atomic mass is 10.1. The Hall–Kier alpha value is -1.91. The molecule has 122 valence electrons. The molecule has 0 aliphatic heterocycles. The van der Waals surface area contributed by atoms with E-state index in [1.807, 2.05) is 41.8 Å². The summed E-state index contributed by atoms with van der Waals surface area (Å²) in [5.41, 5.74) is 1.23. The van der Waals surface area contributed by atoms with E-state index in [1.165, 1.54) is 5.56 Å². The molecule has 0 aliphatic carbocycles. The first-order valence-electron chi connectivity index (χ1n) is 8.03. The molecule has 0 fully saturated rings. The van der Waals surface area contributed by atoms with Crippen LogP contribution in [-0.4, -0.2) is 30.4 Å². The number of hydrogen-bond acceptors (Lipinski definition) is 3. The number of likely N-dealkylation sites (N-methyl/N-ethyl adjacent to an activating group) is 1. The van der Waals surface area contributed by atoms with Gasteiger partial charge in [-0.05, 0) is 36.2 Å². The molecular formula is C19H24N2OS. The summed E-state index contributed by atoms with van der Waals surface area (Å²) in [6, 6.07) is 14.5. The van der Waals surface area contributed by atoms with Crippen LogP contribution < -0.4 is 5.32 Å². The minimum absolute atomic E-state index is 0.0495. The van der Waals surface area contributed by atoms with Crippen LogP contribution in [-0.2, 0) is 4.79 Å². The number of amides is 1. The van der Waals surface area contributed by atoms with Gasteiger partial charge in [0.25, 0.3) is 0 Å². The van der Waals surface area contributed by atoms with E-state index in [-0.39, 0.29) is 11.9 Å². The first-order valence-corrected chi connectivity index (χ1v) is 8.91. The normalized spacial score (nSPS) is 12.7. The highest BCUT2D eigenvalue weighted by atomic mass is 32.1. The van der Waals surface area contributed by atoms with Gasteiger partial charge < -0.3 is 5.32 Å². The van der Waals surface area contributed by atoms with Crippen molar-refractivity contribution in [3.05, 3.63) is 64.4 Å². The van der Waals surface area contributed by atoms with Crippen LogP contribution in [0.4, 0.5) is 0 Å².